The van der Waals surface area contributed by atoms with E-state index in [1.54, 1.807) is 17.2 Å². The van der Waals surface area contributed by atoms with Crippen molar-refractivity contribution in [3.05, 3.63) is 30.0 Å². The van der Waals surface area contributed by atoms with Crippen LogP contribution in [0.25, 0.3) is 0 Å². The van der Waals surface area contributed by atoms with E-state index < -0.39 is 5.60 Å². The molecule has 0 bridgehead atoms. The molecule has 0 spiro atoms. The monoisotopic (exact) mass is 458 g/mol. The minimum absolute atomic E-state index is 0.170. The average molecular weight is 459 g/mol. The van der Waals surface area contributed by atoms with Crippen LogP contribution in [0.3, 0.4) is 0 Å². The Labute approximate surface area is 194 Å². The number of carbonyl (C=O) groups is 2. The molecule has 0 atom stereocenters. The van der Waals surface area contributed by atoms with Gasteiger partial charge >= 0.3 is 6.09 Å². The van der Waals surface area contributed by atoms with Crippen molar-refractivity contribution in [1.29, 1.82) is 0 Å². The molecule has 0 saturated carbocycles. The van der Waals surface area contributed by atoms with Gasteiger partial charge in [0, 0.05) is 44.4 Å². The quantitative estimate of drug-likeness (QED) is 0.725. The van der Waals surface area contributed by atoms with Gasteiger partial charge in [-0.2, -0.15) is 4.98 Å². The van der Waals surface area contributed by atoms with Crippen molar-refractivity contribution in [2.24, 2.45) is 0 Å². The summed E-state index contributed by atoms with van der Waals surface area (Å²) in [6.07, 6.45) is 2.04. The maximum atomic E-state index is 12.3. The van der Waals surface area contributed by atoms with Gasteiger partial charge in [-0.3, -0.25) is 4.79 Å². The lowest BCUT2D eigenvalue weighted by Gasteiger charge is -2.36. The Kier molecular flexibility index (Phi) is 7.24. The van der Waals surface area contributed by atoms with Crippen molar-refractivity contribution in [1.82, 2.24) is 20.0 Å². The van der Waals surface area contributed by atoms with E-state index >= 15 is 0 Å². The molecule has 1 aliphatic heterocycles. The molecule has 1 N–H and O–H groups in total. The summed E-state index contributed by atoms with van der Waals surface area (Å²) in [5, 5.41) is 6.76. The Balaban J connectivity index is 1.45. The number of ether oxygens (including phenoxy) is 1. The number of nitrogens with zero attached hydrogens (tertiary/aromatic N) is 5. The third-order valence-corrected chi connectivity index (χ3v) is 5.02. The number of nitrogens with one attached hydrogen (secondary N) is 1. The third-order valence-electron chi connectivity index (χ3n) is 5.02. The zero-order chi connectivity index (χ0) is 24.2. The van der Waals surface area contributed by atoms with Crippen LogP contribution in [0.5, 0.6) is 0 Å². The average Bonchev–Trinajstić information content (AvgIpc) is 3.21. The number of piperazine rings is 1. The minimum Gasteiger partial charge on any atom is -0.444 e. The number of amides is 2. The molecule has 1 fully saturated rings. The van der Waals surface area contributed by atoms with E-state index in [4.69, 9.17) is 9.26 Å². The topological polar surface area (TPSA) is 114 Å². The number of aryl methyl sites for hydroxylation is 1. The fourth-order valence-corrected chi connectivity index (χ4v) is 3.21. The summed E-state index contributed by atoms with van der Waals surface area (Å²) in [6.45, 7) is 14.1. The summed E-state index contributed by atoms with van der Waals surface area (Å²) in [4.78, 5) is 37.1. The van der Waals surface area contributed by atoms with E-state index in [1.807, 2.05) is 47.6 Å². The first-order valence-electron chi connectivity index (χ1n) is 11.2. The molecular formula is C23H34N6O4. The molecule has 10 nitrogen and oxygen atoms in total. The number of hydrogen-bond acceptors (Lipinski definition) is 8. The third kappa shape index (κ3) is 7.16. The van der Waals surface area contributed by atoms with Crippen LogP contribution in [0.4, 0.5) is 16.3 Å². The fraction of sp³-hybridized carbons (Fsp3) is 0.609. The predicted octanol–water partition coefficient (Wildman–Crippen LogP) is 3.39. The van der Waals surface area contributed by atoms with Crippen LogP contribution in [0, 0.1) is 0 Å². The van der Waals surface area contributed by atoms with E-state index in [2.05, 4.69) is 25.3 Å². The van der Waals surface area contributed by atoms with E-state index in [0.717, 1.165) is 5.69 Å². The summed E-state index contributed by atoms with van der Waals surface area (Å²) < 4.78 is 10.7. The van der Waals surface area contributed by atoms with E-state index in [1.165, 1.54) is 0 Å². The second kappa shape index (κ2) is 9.76. The van der Waals surface area contributed by atoms with Gasteiger partial charge in [-0.05, 0) is 32.9 Å². The van der Waals surface area contributed by atoms with Crippen LogP contribution >= 0.6 is 0 Å². The predicted molar refractivity (Wildman–Crippen MR) is 124 cm³/mol. The largest absolute Gasteiger partial charge is 0.444 e. The maximum absolute atomic E-state index is 12.3. The number of aromatic nitrogens is 3. The molecule has 0 aromatic carbocycles. The van der Waals surface area contributed by atoms with Gasteiger partial charge in [0.05, 0.1) is 11.9 Å². The first-order chi connectivity index (χ1) is 15.4. The Morgan fingerprint density at radius 2 is 1.79 bits per heavy atom. The highest BCUT2D eigenvalue weighted by molar-refractivity contribution is 5.89. The van der Waals surface area contributed by atoms with Gasteiger partial charge in [0.1, 0.15) is 11.4 Å². The molecule has 0 unspecified atom stereocenters. The van der Waals surface area contributed by atoms with Gasteiger partial charge < -0.3 is 24.4 Å². The molecular weight excluding hydrogens is 424 g/mol. The number of hydrogen-bond donors (Lipinski definition) is 1. The molecule has 3 heterocycles. The Morgan fingerprint density at radius 1 is 1.09 bits per heavy atom. The van der Waals surface area contributed by atoms with Crippen LogP contribution in [0.15, 0.2) is 22.9 Å². The molecule has 1 saturated heterocycles. The second-order valence-electron chi connectivity index (χ2n) is 10.2. The van der Waals surface area contributed by atoms with Crippen molar-refractivity contribution < 1.29 is 18.8 Å². The van der Waals surface area contributed by atoms with Crippen molar-refractivity contribution in [3.8, 4) is 0 Å². The SMILES string of the molecule is CC(C)(C)OC(=O)N1CCN(c2ccc(NC(=O)CCc3nc(C(C)(C)C)no3)nc2)CC1. The summed E-state index contributed by atoms with van der Waals surface area (Å²) in [5.74, 6) is 1.39. The Hall–Kier alpha value is -3.17. The standard InChI is InChI=1S/C23H34N6O4/c1-22(2,3)20-26-19(33-27-20)10-9-18(30)25-17-8-7-16(15-24-17)28-11-13-29(14-12-28)21(31)32-23(4,5)6/h7-8,15H,9-14H2,1-6H3,(H,24,25,30). The van der Waals surface area contributed by atoms with Crippen LogP contribution in [0.1, 0.15) is 59.7 Å². The van der Waals surface area contributed by atoms with Gasteiger partial charge in [-0.1, -0.05) is 25.9 Å². The van der Waals surface area contributed by atoms with Crippen LogP contribution < -0.4 is 10.2 Å². The number of anilines is 2. The first-order valence-corrected chi connectivity index (χ1v) is 11.2. The molecule has 10 heteroatoms. The summed E-state index contributed by atoms with van der Waals surface area (Å²) in [7, 11) is 0. The van der Waals surface area contributed by atoms with E-state index in [-0.39, 0.29) is 23.8 Å². The fourth-order valence-electron chi connectivity index (χ4n) is 3.21. The lowest BCUT2D eigenvalue weighted by molar-refractivity contribution is -0.116. The Morgan fingerprint density at radius 3 is 2.33 bits per heavy atom. The highest BCUT2D eigenvalue weighted by Crippen LogP contribution is 2.20. The summed E-state index contributed by atoms with van der Waals surface area (Å²) in [5.41, 5.74) is 0.245. The highest BCUT2D eigenvalue weighted by Gasteiger charge is 2.26. The number of carbonyl (C=O) groups excluding carboxylic acids is 2. The van der Waals surface area contributed by atoms with E-state index in [9.17, 15) is 9.59 Å². The molecule has 33 heavy (non-hydrogen) atoms. The van der Waals surface area contributed by atoms with Gasteiger partial charge in [-0.25, -0.2) is 9.78 Å². The molecule has 3 rings (SSSR count). The van der Waals surface area contributed by atoms with Gasteiger partial charge in [0.15, 0.2) is 5.82 Å². The smallest absolute Gasteiger partial charge is 0.410 e. The zero-order valence-electron chi connectivity index (χ0n) is 20.3. The van der Waals surface area contributed by atoms with Crippen molar-refractivity contribution in [3.63, 3.8) is 0 Å². The molecule has 180 valence electrons. The zero-order valence-corrected chi connectivity index (χ0v) is 20.3. The first kappa shape index (κ1) is 24.5. The number of pyridine rings is 1. The van der Waals surface area contributed by atoms with Crippen molar-refractivity contribution in [2.75, 3.05) is 36.4 Å². The molecule has 1 aliphatic rings. The highest BCUT2D eigenvalue weighted by atomic mass is 16.6. The van der Waals surface area contributed by atoms with Crippen molar-refractivity contribution >= 4 is 23.5 Å². The van der Waals surface area contributed by atoms with Crippen LogP contribution in [-0.4, -0.2) is 63.8 Å². The van der Waals surface area contributed by atoms with Gasteiger partial charge in [0.2, 0.25) is 11.8 Å². The maximum Gasteiger partial charge on any atom is 0.410 e. The van der Waals surface area contributed by atoms with Gasteiger partial charge in [-0.15, -0.1) is 0 Å². The van der Waals surface area contributed by atoms with E-state index in [0.29, 0.717) is 50.1 Å². The molecule has 0 aliphatic carbocycles. The summed E-state index contributed by atoms with van der Waals surface area (Å²) in [6, 6.07) is 3.69. The normalized spacial score (nSPS) is 14.8. The molecule has 2 aromatic heterocycles. The number of rotatable bonds is 5. The lowest BCUT2D eigenvalue weighted by Crippen LogP contribution is -2.50. The van der Waals surface area contributed by atoms with Crippen molar-refractivity contribution in [2.45, 2.75) is 65.4 Å². The minimum atomic E-state index is -0.501. The summed E-state index contributed by atoms with van der Waals surface area (Å²) >= 11 is 0. The molecule has 2 amide bonds. The van der Waals surface area contributed by atoms with Crippen LogP contribution in [-0.2, 0) is 21.4 Å². The molecule has 0 radical (unpaired) electrons. The van der Waals surface area contributed by atoms with Crippen LogP contribution in [0.2, 0.25) is 0 Å². The molecule has 2 aromatic rings. The lowest BCUT2D eigenvalue weighted by atomic mass is 9.96. The van der Waals surface area contributed by atoms with Gasteiger partial charge in [0.25, 0.3) is 0 Å². The second-order valence-corrected chi connectivity index (χ2v) is 10.2. The Bertz CT molecular complexity index is 951.